The second-order valence-corrected chi connectivity index (χ2v) is 5.56. The largest absolute Gasteiger partial charge is 0.497 e. The van der Waals surface area contributed by atoms with Crippen LogP contribution in [0.5, 0.6) is 5.75 Å². The summed E-state index contributed by atoms with van der Waals surface area (Å²) >= 11 is 11.8. The summed E-state index contributed by atoms with van der Waals surface area (Å²) in [6.45, 7) is 0. The number of benzene rings is 2. The van der Waals surface area contributed by atoms with Crippen molar-refractivity contribution in [3.05, 3.63) is 58.4 Å². The molecule has 0 saturated heterocycles. The predicted molar refractivity (Wildman–Crippen MR) is 90.7 cm³/mol. The maximum atomic E-state index is 12.2. The summed E-state index contributed by atoms with van der Waals surface area (Å²) in [6, 6.07) is 11.7. The van der Waals surface area contributed by atoms with E-state index in [2.05, 4.69) is 15.5 Å². The summed E-state index contributed by atoms with van der Waals surface area (Å²) in [4.78, 5) is 12.2. The Labute approximate surface area is 147 Å². The van der Waals surface area contributed by atoms with Gasteiger partial charge in [0, 0.05) is 10.6 Å². The van der Waals surface area contributed by atoms with Crippen LogP contribution < -0.4 is 10.1 Å². The van der Waals surface area contributed by atoms with Crippen molar-refractivity contribution in [2.45, 2.75) is 0 Å². The van der Waals surface area contributed by atoms with Crippen LogP contribution in [0.4, 0.5) is 5.69 Å². The topological polar surface area (TPSA) is 77.2 Å². The summed E-state index contributed by atoms with van der Waals surface area (Å²) < 4.78 is 10.5. The first kappa shape index (κ1) is 16.3. The molecule has 8 heteroatoms. The summed E-state index contributed by atoms with van der Waals surface area (Å²) in [5.74, 6) is 0.192. The molecule has 3 aromatic rings. The highest BCUT2D eigenvalue weighted by molar-refractivity contribution is 6.36. The van der Waals surface area contributed by atoms with Gasteiger partial charge < -0.3 is 14.5 Å². The zero-order valence-electron chi connectivity index (χ0n) is 12.4. The molecule has 0 fully saturated rings. The molecule has 24 heavy (non-hydrogen) atoms. The Bertz CT molecular complexity index is 879. The zero-order valence-corrected chi connectivity index (χ0v) is 13.9. The van der Waals surface area contributed by atoms with E-state index >= 15 is 0 Å². The van der Waals surface area contributed by atoms with Gasteiger partial charge in [-0.05, 0) is 42.5 Å². The number of amides is 1. The van der Waals surface area contributed by atoms with Crippen molar-refractivity contribution in [3.63, 3.8) is 0 Å². The monoisotopic (exact) mass is 363 g/mol. The van der Waals surface area contributed by atoms with Crippen LogP contribution >= 0.6 is 23.2 Å². The summed E-state index contributed by atoms with van der Waals surface area (Å²) in [5, 5.41) is 11.0. The molecule has 1 aromatic heterocycles. The number of anilines is 1. The number of carbonyl (C=O) groups is 1. The fraction of sp³-hybridized carbons (Fsp3) is 0.0625. The SMILES string of the molecule is COc1ccc(-c2nnc(C(=O)Nc3ccc(Cl)cc3Cl)o2)cc1. The number of hydrogen-bond acceptors (Lipinski definition) is 5. The molecule has 0 unspecified atom stereocenters. The quantitative estimate of drug-likeness (QED) is 0.747. The minimum atomic E-state index is -0.563. The highest BCUT2D eigenvalue weighted by atomic mass is 35.5. The van der Waals surface area contributed by atoms with Crippen molar-refractivity contribution >= 4 is 34.8 Å². The molecule has 0 radical (unpaired) electrons. The van der Waals surface area contributed by atoms with Gasteiger partial charge in [0.2, 0.25) is 5.89 Å². The van der Waals surface area contributed by atoms with E-state index in [1.807, 2.05) is 0 Å². The number of carbonyl (C=O) groups excluding carboxylic acids is 1. The Morgan fingerprint density at radius 2 is 1.88 bits per heavy atom. The van der Waals surface area contributed by atoms with Gasteiger partial charge in [0.05, 0.1) is 17.8 Å². The third kappa shape index (κ3) is 3.50. The van der Waals surface area contributed by atoms with Gasteiger partial charge in [-0.3, -0.25) is 4.79 Å². The maximum absolute atomic E-state index is 12.2. The third-order valence-corrected chi connectivity index (χ3v) is 3.68. The Morgan fingerprint density at radius 3 is 2.54 bits per heavy atom. The number of nitrogens with zero attached hydrogens (tertiary/aromatic N) is 2. The first-order chi connectivity index (χ1) is 11.6. The second kappa shape index (κ2) is 6.90. The van der Waals surface area contributed by atoms with E-state index in [0.29, 0.717) is 27.0 Å². The Hall–Kier alpha value is -2.57. The molecule has 0 bridgehead atoms. The number of nitrogens with one attached hydrogen (secondary N) is 1. The number of rotatable bonds is 4. The van der Waals surface area contributed by atoms with Gasteiger partial charge in [-0.25, -0.2) is 0 Å². The molecule has 1 heterocycles. The standard InChI is InChI=1S/C16H11Cl2N3O3/c1-23-11-5-2-9(3-6-11)15-20-21-16(24-15)14(22)19-13-7-4-10(17)8-12(13)18/h2-8H,1H3,(H,19,22). The van der Waals surface area contributed by atoms with E-state index in [9.17, 15) is 4.79 Å². The number of hydrogen-bond donors (Lipinski definition) is 1. The van der Waals surface area contributed by atoms with Crippen molar-refractivity contribution in [1.29, 1.82) is 0 Å². The van der Waals surface area contributed by atoms with Gasteiger partial charge in [-0.15, -0.1) is 10.2 Å². The minimum absolute atomic E-state index is 0.174. The molecule has 1 N–H and O–H groups in total. The molecule has 122 valence electrons. The van der Waals surface area contributed by atoms with Crippen molar-refractivity contribution in [3.8, 4) is 17.2 Å². The lowest BCUT2D eigenvalue weighted by atomic mass is 10.2. The Morgan fingerprint density at radius 1 is 1.12 bits per heavy atom. The lowest BCUT2D eigenvalue weighted by molar-refractivity contribution is 0.0991. The number of ether oxygens (including phenoxy) is 1. The van der Waals surface area contributed by atoms with Crippen LogP contribution in [-0.4, -0.2) is 23.2 Å². The third-order valence-electron chi connectivity index (χ3n) is 3.14. The summed E-state index contributed by atoms with van der Waals surface area (Å²) in [7, 11) is 1.58. The molecule has 0 spiro atoms. The van der Waals surface area contributed by atoms with Gasteiger partial charge >= 0.3 is 11.8 Å². The maximum Gasteiger partial charge on any atom is 0.313 e. The van der Waals surface area contributed by atoms with Gasteiger partial charge in [0.1, 0.15) is 5.75 Å². The van der Waals surface area contributed by atoms with Crippen LogP contribution in [0.15, 0.2) is 46.9 Å². The van der Waals surface area contributed by atoms with Gasteiger partial charge in [0.25, 0.3) is 0 Å². The zero-order chi connectivity index (χ0) is 17.1. The van der Waals surface area contributed by atoms with Crippen LogP contribution in [0, 0.1) is 0 Å². The predicted octanol–water partition coefficient (Wildman–Crippen LogP) is 4.30. The van der Waals surface area contributed by atoms with Crippen LogP contribution in [0.2, 0.25) is 10.0 Å². The van der Waals surface area contributed by atoms with E-state index in [1.54, 1.807) is 43.5 Å². The number of methoxy groups -OCH3 is 1. The van der Waals surface area contributed by atoms with E-state index in [-0.39, 0.29) is 11.8 Å². The lowest BCUT2D eigenvalue weighted by Gasteiger charge is -2.04. The van der Waals surface area contributed by atoms with Crippen LogP contribution in [0.1, 0.15) is 10.7 Å². The van der Waals surface area contributed by atoms with Crippen molar-refractivity contribution in [2.24, 2.45) is 0 Å². The Kier molecular flexibility index (Phi) is 4.69. The Balaban J connectivity index is 1.77. The first-order valence-corrected chi connectivity index (χ1v) is 7.57. The molecule has 0 saturated carbocycles. The van der Waals surface area contributed by atoms with E-state index in [4.69, 9.17) is 32.4 Å². The van der Waals surface area contributed by atoms with Crippen molar-refractivity contribution in [2.75, 3.05) is 12.4 Å². The van der Waals surface area contributed by atoms with E-state index in [0.717, 1.165) is 0 Å². The van der Waals surface area contributed by atoms with Crippen molar-refractivity contribution in [1.82, 2.24) is 10.2 Å². The highest BCUT2D eigenvalue weighted by Gasteiger charge is 2.17. The number of halogens is 2. The molecule has 1 amide bonds. The lowest BCUT2D eigenvalue weighted by Crippen LogP contribution is -2.12. The fourth-order valence-corrected chi connectivity index (χ4v) is 2.39. The average molecular weight is 364 g/mol. The highest BCUT2D eigenvalue weighted by Crippen LogP contribution is 2.26. The normalized spacial score (nSPS) is 10.5. The second-order valence-electron chi connectivity index (χ2n) is 4.72. The van der Waals surface area contributed by atoms with Crippen LogP contribution in [0.25, 0.3) is 11.5 Å². The fourth-order valence-electron chi connectivity index (χ4n) is 1.93. The molecule has 2 aromatic carbocycles. The molecular formula is C16H11Cl2N3O3. The van der Waals surface area contributed by atoms with Crippen LogP contribution in [0.3, 0.4) is 0 Å². The molecular weight excluding hydrogens is 353 g/mol. The average Bonchev–Trinajstić information content (AvgIpc) is 3.07. The molecule has 3 rings (SSSR count). The summed E-state index contributed by atoms with van der Waals surface area (Å²) in [6.07, 6.45) is 0. The molecule has 0 aliphatic carbocycles. The minimum Gasteiger partial charge on any atom is -0.497 e. The van der Waals surface area contributed by atoms with Gasteiger partial charge in [0.15, 0.2) is 0 Å². The summed E-state index contributed by atoms with van der Waals surface area (Å²) in [5.41, 5.74) is 1.07. The van der Waals surface area contributed by atoms with Gasteiger partial charge in [-0.2, -0.15) is 0 Å². The molecule has 0 aliphatic rings. The van der Waals surface area contributed by atoms with E-state index < -0.39 is 5.91 Å². The smallest absolute Gasteiger partial charge is 0.313 e. The molecule has 0 aliphatic heterocycles. The van der Waals surface area contributed by atoms with E-state index in [1.165, 1.54) is 6.07 Å². The van der Waals surface area contributed by atoms with Gasteiger partial charge in [-0.1, -0.05) is 23.2 Å². The number of aromatic nitrogens is 2. The molecule has 6 nitrogen and oxygen atoms in total. The van der Waals surface area contributed by atoms with Crippen LogP contribution in [-0.2, 0) is 0 Å². The van der Waals surface area contributed by atoms with Crippen molar-refractivity contribution < 1.29 is 13.9 Å². The first-order valence-electron chi connectivity index (χ1n) is 6.81. The molecule has 0 atom stereocenters.